The Bertz CT molecular complexity index is 1940. The van der Waals surface area contributed by atoms with E-state index >= 15 is 0 Å². The SMILES string of the molecule is CC1(C)c2ccccc2-c2cc3c4c(c21)-c1ccccc1-c1cccc2c1[C@H]4C(C=C3c1ccccc1Cl)O2. The summed E-state index contributed by atoms with van der Waals surface area (Å²) in [4.78, 5) is 0. The van der Waals surface area contributed by atoms with E-state index in [2.05, 4.69) is 105 Å². The summed E-state index contributed by atoms with van der Waals surface area (Å²) in [5, 5.41) is 0.766. The molecule has 0 aromatic heterocycles. The van der Waals surface area contributed by atoms with E-state index in [1.807, 2.05) is 12.1 Å². The molecule has 1 nitrogen and oxygen atoms in total. The van der Waals surface area contributed by atoms with Crippen LogP contribution in [-0.2, 0) is 5.41 Å². The first kappa shape index (κ1) is 21.8. The van der Waals surface area contributed by atoms with Crippen molar-refractivity contribution in [1.82, 2.24) is 0 Å². The average Bonchev–Trinajstić information content (AvgIpc) is 3.39. The van der Waals surface area contributed by atoms with Gasteiger partial charge in [-0.05, 0) is 85.5 Å². The van der Waals surface area contributed by atoms with Crippen molar-refractivity contribution in [2.75, 3.05) is 0 Å². The van der Waals surface area contributed by atoms with Crippen molar-refractivity contribution in [1.29, 1.82) is 0 Å². The van der Waals surface area contributed by atoms with Crippen molar-refractivity contribution in [3.05, 3.63) is 142 Å². The fourth-order valence-corrected chi connectivity index (χ4v) is 8.15. The summed E-state index contributed by atoms with van der Waals surface area (Å²) >= 11 is 6.88. The molecular formula is C37H25ClO. The summed E-state index contributed by atoms with van der Waals surface area (Å²) in [5.74, 6) is 1.13. The number of hydrogen-bond donors (Lipinski definition) is 0. The maximum Gasteiger partial charge on any atom is 0.129 e. The van der Waals surface area contributed by atoms with Crippen molar-refractivity contribution in [2.45, 2.75) is 31.3 Å². The quantitative estimate of drug-likeness (QED) is 0.214. The van der Waals surface area contributed by atoms with Crippen LogP contribution in [0.15, 0.2) is 103 Å². The summed E-state index contributed by atoms with van der Waals surface area (Å²) in [6, 6.07) is 35.2. The molecule has 1 aliphatic heterocycles. The molecule has 1 heterocycles. The van der Waals surface area contributed by atoms with E-state index in [0.29, 0.717) is 0 Å². The molecule has 0 radical (unpaired) electrons. The van der Waals surface area contributed by atoms with Gasteiger partial charge in [0.05, 0.1) is 5.92 Å². The lowest BCUT2D eigenvalue weighted by atomic mass is 9.70. The zero-order valence-corrected chi connectivity index (χ0v) is 22.5. The molecule has 0 spiro atoms. The Morgan fingerprint density at radius 1 is 0.641 bits per heavy atom. The van der Waals surface area contributed by atoms with Gasteiger partial charge < -0.3 is 4.74 Å². The summed E-state index contributed by atoms with van der Waals surface area (Å²) in [6.07, 6.45) is 2.24. The predicted octanol–water partition coefficient (Wildman–Crippen LogP) is 9.63. The predicted molar refractivity (Wildman–Crippen MR) is 160 cm³/mol. The lowest BCUT2D eigenvalue weighted by Gasteiger charge is -2.33. The maximum atomic E-state index is 6.88. The Labute approximate surface area is 233 Å². The minimum Gasteiger partial charge on any atom is -0.485 e. The zero-order valence-electron chi connectivity index (χ0n) is 21.8. The van der Waals surface area contributed by atoms with Crippen LogP contribution >= 0.6 is 11.6 Å². The molecule has 0 saturated carbocycles. The second kappa shape index (κ2) is 7.31. The first-order chi connectivity index (χ1) is 19.0. The van der Waals surface area contributed by atoms with Gasteiger partial charge in [-0.1, -0.05) is 104 Å². The van der Waals surface area contributed by atoms with E-state index in [1.165, 1.54) is 61.2 Å². The smallest absolute Gasteiger partial charge is 0.129 e. The molecule has 0 saturated heterocycles. The summed E-state index contributed by atoms with van der Waals surface area (Å²) in [7, 11) is 0. The molecule has 0 N–H and O–H groups in total. The third-order valence-corrected chi connectivity index (χ3v) is 9.76. The highest BCUT2D eigenvalue weighted by Crippen LogP contribution is 2.63. The first-order valence-corrected chi connectivity index (χ1v) is 14.1. The maximum absolute atomic E-state index is 6.88. The molecule has 39 heavy (non-hydrogen) atoms. The van der Waals surface area contributed by atoms with Crippen LogP contribution in [0, 0.1) is 0 Å². The second-order valence-corrected chi connectivity index (χ2v) is 12.1. The molecule has 2 atom stereocenters. The Hall–Kier alpha value is -4.07. The van der Waals surface area contributed by atoms with Crippen molar-refractivity contribution in [2.24, 2.45) is 0 Å². The standard InChI is InChI=1S/C37H25ClO/c1-37(2)28-15-7-5-11-21(28)27-18-26-25(22-12-6-8-16-29(22)38)19-31-35-32-23(14-9-17-30(32)39-31)20-10-3-4-13-24(20)34(33(26)35)36(27)37/h3-19,31,35H,1-2H3/t31?,35-/m1/s1. The van der Waals surface area contributed by atoms with Crippen LogP contribution in [0.25, 0.3) is 39.0 Å². The van der Waals surface area contributed by atoms with Gasteiger partial charge in [-0.15, -0.1) is 0 Å². The molecule has 4 aliphatic rings. The third kappa shape index (κ3) is 2.62. The van der Waals surface area contributed by atoms with Gasteiger partial charge in [0.25, 0.3) is 0 Å². The zero-order chi connectivity index (χ0) is 26.0. The Balaban J connectivity index is 1.51. The number of fused-ring (bicyclic) bond motifs is 7. The first-order valence-electron chi connectivity index (χ1n) is 13.7. The topological polar surface area (TPSA) is 9.23 Å². The lowest BCUT2D eigenvalue weighted by molar-refractivity contribution is 0.267. The summed E-state index contributed by atoms with van der Waals surface area (Å²) < 4.78 is 6.76. The van der Waals surface area contributed by atoms with Crippen LogP contribution in [0.3, 0.4) is 0 Å². The Morgan fingerprint density at radius 3 is 2.15 bits per heavy atom. The van der Waals surface area contributed by atoms with Crippen molar-refractivity contribution >= 4 is 17.2 Å². The van der Waals surface area contributed by atoms with Crippen LogP contribution in [-0.4, -0.2) is 6.10 Å². The third-order valence-electron chi connectivity index (χ3n) is 9.43. The van der Waals surface area contributed by atoms with Gasteiger partial charge in [0, 0.05) is 21.6 Å². The fraction of sp³-hybridized carbons (Fsp3) is 0.135. The van der Waals surface area contributed by atoms with E-state index in [0.717, 1.165) is 21.9 Å². The fourth-order valence-electron chi connectivity index (χ4n) is 7.91. The van der Waals surface area contributed by atoms with Gasteiger partial charge in [0.2, 0.25) is 0 Å². The highest BCUT2D eigenvalue weighted by molar-refractivity contribution is 6.32. The van der Waals surface area contributed by atoms with E-state index in [-0.39, 0.29) is 17.4 Å². The number of rotatable bonds is 1. The minimum atomic E-state index is -0.135. The highest BCUT2D eigenvalue weighted by Gasteiger charge is 2.48. The second-order valence-electron chi connectivity index (χ2n) is 11.7. The molecule has 186 valence electrons. The number of hydrogen-bond acceptors (Lipinski definition) is 1. The van der Waals surface area contributed by atoms with Gasteiger partial charge in [0.1, 0.15) is 11.9 Å². The van der Waals surface area contributed by atoms with E-state index in [1.54, 1.807) is 0 Å². The molecule has 0 amide bonds. The van der Waals surface area contributed by atoms with Crippen LogP contribution < -0.4 is 4.74 Å². The molecule has 2 heteroatoms. The van der Waals surface area contributed by atoms with Crippen LogP contribution in [0.1, 0.15) is 53.1 Å². The Morgan fingerprint density at radius 2 is 1.33 bits per heavy atom. The van der Waals surface area contributed by atoms with E-state index in [9.17, 15) is 0 Å². The largest absolute Gasteiger partial charge is 0.485 e. The number of benzene rings is 5. The summed E-state index contributed by atoms with van der Waals surface area (Å²) in [6.45, 7) is 4.78. The monoisotopic (exact) mass is 520 g/mol. The van der Waals surface area contributed by atoms with E-state index < -0.39 is 0 Å². The normalized spacial score (nSPS) is 19.7. The van der Waals surface area contributed by atoms with Crippen molar-refractivity contribution in [3.8, 4) is 39.1 Å². The molecule has 1 unspecified atom stereocenters. The Kier molecular flexibility index (Phi) is 4.09. The highest BCUT2D eigenvalue weighted by atomic mass is 35.5. The molecule has 9 rings (SSSR count). The summed E-state index contributed by atoms with van der Waals surface area (Å²) in [5.41, 5.74) is 16.8. The molecule has 3 aliphatic carbocycles. The van der Waals surface area contributed by atoms with Crippen molar-refractivity contribution < 1.29 is 4.74 Å². The van der Waals surface area contributed by atoms with Gasteiger partial charge in [-0.3, -0.25) is 0 Å². The molecule has 5 aromatic rings. The van der Waals surface area contributed by atoms with Crippen LogP contribution in [0.2, 0.25) is 5.02 Å². The van der Waals surface area contributed by atoms with Crippen LogP contribution in [0.4, 0.5) is 0 Å². The minimum absolute atomic E-state index is 0.0853. The molecular weight excluding hydrogens is 496 g/mol. The van der Waals surface area contributed by atoms with Crippen molar-refractivity contribution in [3.63, 3.8) is 0 Å². The molecule has 0 fully saturated rings. The van der Waals surface area contributed by atoms with Crippen LogP contribution in [0.5, 0.6) is 5.75 Å². The van der Waals surface area contributed by atoms with Gasteiger partial charge >= 0.3 is 0 Å². The number of ether oxygens (including phenoxy) is 1. The molecule has 5 aromatic carbocycles. The average molecular weight is 521 g/mol. The van der Waals surface area contributed by atoms with Gasteiger partial charge in [-0.25, -0.2) is 0 Å². The van der Waals surface area contributed by atoms with E-state index in [4.69, 9.17) is 16.3 Å². The number of halogens is 1. The van der Waals surface area contributed by atoms with Gasteiger partial charge in [0.15, 0.2) is 0 Å². The lowest BCUT2D eigenvalue weighted by Crippen LogP contribution is -2.25. The van der Waals surface area contributed by atoms with Gasteiger partial charge in [-0.2, -0.15) is 0 Å². The molecule has 0 bridgehead atoms.